The summed E-state index contributed by atoms with van der Waals surface area (Å²) in [6, 6.07) is 13.0. The van der Waals surface area contributed by atoms with Crippen molar-refractivity contribution in [2.24, 2.45) is 0 Å². The normalized spacial score (nSPS) is 14.4. The Morgan fingerprint density at radius 2 is 1.94 bits per heavy atom. The van der Waals surface area contributed by atoms with Gasteiger partial charge in [0, 0.05) is 21.4 Å². The fourth-order valence-electron chi connectivity index (χ4n) is 1.89. The van der Waals surface area contributed by atoms with Crippen molar-refractivity contribution in [3.8, 4) is 0 Å². The van der Waals surface area contributed by atoms with Gasteiger partial charge in [0.2, 0.25) is 0 Å². The first-order valence-corrected chi connectivity index (χ1v) is 7.82. The standard InChI is InChI=1S/C14H15BrClNS/c1-9(11-4-3-5-12(15)8-11)17-10(2)13-6-7-14(16)18-13/h3-10,17H,1-2H3/t9-,10?/m1/s1. The van der Waals surface area contributed by atoms with Gasteiger partial charge in [-0.05, 0) is 43.7 Å². The van der Waals surface area contributed by atoms with Crippen molar-refractivity contribution >= 4 is 38.9 Å². The average molecular weight is 345 g/mol. The summed E-state index contributed by atoms with van der Waals surface area (Å²) < 4.78 is 1.95. The van der Waals surface area contributed by atoms with E-state index in [0.29, 0.717) is 12.1 Å². The van der Waals surface area contributed by atoms with E-state index >= 15 is 0 Å². The second-order valence-corrected chi connectivity index (χ2v) is 6.97. The molecular weight excluding hydrogens is 330 g/mol. The minimum atomic E-state index is 0.302. The van der Waals surface area contributed by atoms with Gasteiger partial charge in [-0.1, -0.05) is 39.7 Å². The van der Waals surface area contributed by atoms with Crippen LogP contribution < -0.4 is 5.32 Å². The molecule has 2 atom stereocenters. The third-order valence-corrected chi connectivity index (χ3v) is 4.78. The van der Waals surface area contributed by atoms with E-state index in [1.165, 1.54) is 10.4 Å². The molecule has 0 aliphatic rings. The Morgan fingerprint density at radius 1 is 1.17 bits per heavy atom. The Balaban J connectivity index is 2.05. The molecule has 1 N–H and O–H groups in total. The molecule has 1 aromatic heterocycles. The minimum absolute atomic E-state index is 0.302. The van der Waals surface area contributed by atoms with Gasteiger partial charge in [0.1, 0.15) is 0 Å². The lowest BCUT2D eigenvalue weighted by Crippen LogP contribution is -2.21. The molecule has 0 radical (unpaired) electrons. The molecule has 0 spiro atoms. The van der Waals surface area contributed by atoms with Crippen LogP contribution in [0.2, 0.25) is 4.34 Å². The Hall–Kier alpha value is -0.350. The highest BCUT2D eigenvalue weighted by Crippen LogP contribution is 2.28. The summed E-state index contributed by atoms with van der Waals surface area (Å²) in [5.41, 5.74) is 1.28. The number of nitrogens with one attached hydrogen (secondary N) is 1. The highest BCUT2D eigenvalue weighted by Gasteiger charge is 2.12. The Labute approximate surface area is 125 Å². The zero-order valence-electron chi connectivity index (χ0n) is 10.3. The van der Waals surface area contributed by atoms with Crippen LogP contribution in [0.25, 0.3) is 0 Å². The van der Waals surface area contributed by atoms with Crippen LogP contribution in [0, 0.1) is 0 Å². The summed E-state index contributed by atoms with van der Waals surface area (Å²) in [5, 5.41) is 3.58. The zero-order valence-corrected chi connectivity index (χ0v) is 13.4. The van der Waals surface area contributed by atoms with Gasteiger partial charge < -0.3 is 5.32 Å². The monoisotopic (exact) mass is 343 g/mol. The quantitative estimate of drug-likeness (QED) is 0.764. The van der Waals surface area contributed by atoms with Gasteiger partial charge in [-0.25, -0.2) is 0 Å². The van der Waals surface area contributed by atoms with E-state index in [-0.39, 0.29) is 0 Å². The van der Waals surface area contributed by atoms with E-state index in [1.54, 1.807) is 11.3 Å². The predicted molar refractivity (Wildman–Crippen MR) is 83.4 cm³/mol. The molecule has 96 valence electrons. The van der Waals surface area contributed by atoms with Gasteiger partial charge in [0.05, 0.1) is 4.34 Å². The summed E-state index contributed by atoms with van der Waals surface area (Å²) in [6.07, 6.45) is 0. The lowest BCUT2D eigenvalue weighted by atomic mass is 10.1. The third-order valence-electron chi connectivity index (χ3n) is 2.87. The molecule has 0 saturated carbocycles. The van der Waals surface area contributed by atoms with Crippen LogP contribution in [0.15, 0.2) is 40.9 Å². The second-order valence-electron chi connectivity index (χ2n) is 4.31. The van der Waals surface area contributed by atoms with Gasteiger partial charge in [-0.15, -0.1) is 11.3 Å². The van der Waals surface area contributed by atoms with Crippen LogP contribution in [0.1, 0.15) is 36.4 Å². The Kier molecular flexibility index (Phi) is 4.84. The van der Waals surface area contributed by atoms with Crippen LogP contribution in [0.4, 0.5) is 0 Å². The topological polar surface area (TPSA) is 12.0 Å². The number of thiophene rings is 1. The molecule has 18 heavy (non-hydrogen) atoms. The minimum Gasteiger partial charge on any atom is -0.303 e. The number of hydrogen-bond acceptors (Lipinski definition) is 2. The lowest BCUT2D eigenvalue weighted by Gasteiger charge is -2.19. The van der Waals surface area contributed by atoms with Crippen LogP contribution in [-0.4, -0.2) is 0 Å². The van der Waals surface area contributed by atoms with Crippen molar-refractivity contribution in [2.75, 3.05) is 0 Å². The molecule has 1 nitrogen and oxygen atoms in total. The third kappa shape index (κ3) is 3.58. The predicted octanol–water partition coefficient (Wildman–Crippen LogP) is 5.58. The van der Waals surface area contributed by atoms with Crippen molar-refractivity contribution in [1.29, 1.82) is 0 Å². The molecular formula is C14H15BrClNS. The van der Waals surface area contributed by atoms with Crippen molar-refractivity contribution in [1.82, 2.24) is 5.32 Å². The van der Waals surface area contributed by atoms with Crippen LogP contribution >= 0.6 is 38.9 Å². The molecule has 0 bridgehead atoms. The van der Waals surface area contributed by atoms with Crippen LogP contribution in [-0.2, 0) is 0 Å². The molecule has 0 aliphatic heterocycles. The maximum atomic E-state index is 5.96. The zero-order chi connectivity index (χ0) is 13.1. The summed E-state index contributed by atoms with van der Waals surface area (Å²) in [4.78, 5) is 1.27. The summed E-state index contributed by atoms with van der Waals surface area (Å²) in [6.45, 7) is 4.34. The van der Waals surface area contributed by atoms with E-state index in [1.807, 2.05) is 12.1 Å². The molecule has 1 heterocycles. The Bertz CT molecular complexity index is 526. The summed E-state index contributed by atoms with van der Waals surface area (Å²) >= 11 is 11.1. The highest BCUT2D eigenvalue weighted by molar-refractivity contribution is 9.10. The van der Waals surface area contributed by atoms with Gasteiger partial charge in [0.25, 0.3) is 0 Å². The van der Waals surface area contributed by atoms with Crippen molar-refractivity contribution in [3.63, 3.8) is 0 Å². The molecule has 4 heteroatoms. The van der Waals surface area contributed by atoms with Crippen molar-refractivity contribution < 1.29 is 0 Å². The first-order valence-electron chi connectivity index (χ1n) is 5.83. The van der Waals surface area contributed by atoms with E-state index in [9.17, 15) is 0 Å². The first kappa shape index (κ1) is 14.1. The molecule has 0 saturated heterocycles. The Morgan fingerprint density at radius 3 is 2.56 bits per heavy atom. The highest BCUT2D eigenvalue weighted by atomic mass is 79.9. The molecule has 1 aromatic carbocycles. The van der Waals surface area contributed by atoms with Crippen LogP contribution in [0.5, 0.6) is 0 Å². The van der Waals surface area contributed by atoms with Crippen molar-refractivity contribution in [3.05, 3.63) is 55.6 Å². The van der Waals surface area contributed by atoms with Gasteiger partial charge in [-0.2, -0.15) is 0 Å². The first-order chi connectivity index (χ1) is 8.56. The van der Waals surface area contributed by atoms with Crippen LogP contribution in [0.3, 0.4) is 0 Å². The van der Waals surface area contributed by atoms with E-state index in [2.05, 4.69) is 59.4 Å². The maximum absolute atomic E-state index is 5.96. The SMILES string of the molecule is CC(N[C@H](C)c1cccc(Br)c1)c1ccc(Cl)s1. The number of hydrogen-bond donors (Lipinski definition) is 1. The largest absolute Gasteiger partial charge is 0.303 e. The molecule has 2 aromatic rings. The number of benzene rings is 1. The summed E-state index contributed by atoms with van der Waals surface area (Å²) in [7, 11) is 0. The van der Waals surface area contributed by atoms with E-state index in [0.717, 1.165) is 8.81 Å². The van der Waals surface area contributed by atoms with E-state index in [4.69, 9.17) is 11.6 Å². The van der Waals surface area contributed by atoms with Crippen molar-refractivity contribution in [2.45, 2.75) is 25.9 Å². The average Bonchev–Trinajstić information content (AvgIpc) is 2.76. The lowest BCUT2D eigenvalue weighted by molar-refractivity contribution is 0.500. The molecule has 0 amide bonds. The second kappa shape index (κ2) is 6.20. The number of rotatable bonds is 4. The van der Waals surface area contributed by atoms with Gasteiger partial charge in [0.15, 0.2) is 0 Å². The summed E-state index contributed by atoms with van der Waals surface area (Å²) in [5.74, 6) is 0. The molecule has 0 fully saturated rings. The molecule has 0 aliphatic carbocycles. The molecule has 1 unspecified atom stereocenters. The maximum Gasteiger partial charge on any atom is 0.0931 e. The molecule has 2 rings (SSSR count). The number of halogens is 2. The van der Waals surface area contributed by atoms with Gasteiger partial charge in [-0.3, -0.25) is 0 Å². The smallest absolute Gasteiger partial charge is 0.0931 e. The van der Waals surface area contributed by atoms with Gasteiger partial charge >= 0.3 is 0 Å². The fraction of sp³-hybridized carbons (Fsp3) is 0.286. The fourth-order valence-corrected chi connectivity index (χ4v) is 3.38. The van der Waals surface area contributed by atoms with E-state index < -0.39 is 0 Å².